The molecule has 0 bridgehead atoms. The zero-order valence-electron chi connectivity index (χ0n) is 12.5. The number of hydrogen-bond donors (Lipinski definition) is 1. The highest BCUT2D eigenvalue weighted by molar-refractivity contribution is 7.99. The van der Waals surface area contributed by atoms with Crippen LogP contribution in [0.1, 0.15) is 18.9 Å². The van der Waals surface area contributed by atoms with Gasteiger partial charge in [0.25, 0.3) is 0 Å². The molecule has 1 atom stereocenters. The standard InChI is InChI=1S/C16H21N3OS/c1-4-9-19-15(13-8-6-7-12(3)10-13)17-18-16(19)21-11-14(20)5-2/h4,6-8,10,14,20H,1,5,9,11H2,2-3H3/t14-/m0/s1. The first-order valence-electron chi connectivity index (χ1n) is 7.07. The second kappa shape index (κ2) is 7.43. The Labute approximate surface area is 129 Å². The molecule has 0 fully saturated rings. The van der Waals surface area contributed by atoms with Crippen LogP contribution in [0.3, 0.4) is 0 Å². The van der Waals surface area contributed by atoms with Crippen molar-refractivity contribution in [1.29, 1.82) is 0 Å². The Morgan fingerprint density at radius 3 is 2.90 bits per heavy atom. The lowest BCUT2D eigenvalue weighted by molar-refractivity contribution is 0.195. The maximum atomic E-state index is 9.70. The summed E-state index contributed by atoms with van der Waals surface area (Å²) in [7, 11) is 0. The molecule has 0 radical (unpaired) electrons. The maximum Gasteiger partial charge on any atom is 0.191 e. The van der Waals surface area contributed by atoms with Gasteiger partial charge in [0.2, 0.25) is 0 Å². The smallest absolute Gasteiger partial charge is 0.191 e. The largest absolute Gasteiger partial charge is 0.392 e. The summed E-state index contributed by atoms with van der Waals surface area (Å²) in [6.45, 7) is 8.49. The molecular formula is C16H21N3OS. The van der Waals surface area contributed by atoms with E-state index in [-0.39, 0.29) is 6.10 Å². The monoisotopic (exact) mass is 303 g/mol. The quantitative estimate of drug-likeness (QED) is 0.630. The summed E-state index contributed by atoms with van der Waals surface area (Å²) in [5.41, 5.74) is 2.24. The first kappa shape index (κ1) is 15.8. The van der Waals surface area contributed by atoms with Gasteiger partial charge in [-0.1, -0.05) is 48.5 Å². The summed E-state index contributed by atoms with van der Waals surface area (Å²) in [6.07, 6.45) is 2.27. The normalized spacial score (nSPS) is 12.3. The van der Waals surface area contributed by atoms with Gasteiger partial charge in [0.05, 0.1) is 6.10 Å². The zero-order valence-corrected chi connectivity index (χ0v) is 13.3. The van der Waals surface area contributed by atoms with Crippen molar-refractivity contribution in [1.82, 2.24) is 14.8 Å². The van der Waals surface area contributed by atoms with Crippen molar-refractivity contribution >= 4 is 11.8 Å². The Balaban J connectivity index is 2.30. The predicted octanol–water partition coefficient (Wildman–Crippen LogP) is 3.30. The summed E-state index contributed by atoms with van der Waals surface area (Å²) in [5, 5.41) is 19.1. The second-order valence-corrected chi connectivity index (χ2v) is 5.94. The maximum absolute atomic E-state index is 9.70. The van der Waals surface area contributed by atoms with Crippen LogP contribution >= 0.6 is 11.8 Å². The number of rotatable bonds is 7. The number of aliphatic hydroxyl groups excluding tert-OH is 1. The second-order valence-electron chi connectivity index (χ2n) is 4.95. The van der Waals surface area contributed by atoms with Gasteiger partial charge in [0.15, 0.2) is 11.0 Å². The summed E-state index contributed by atoms with van der Waals surface area (Å²) in [5.74, 6) is 1.46. The van der Waals surface area contributed by atoms with Crippen LogP contribution in [-0.2, 0) is 6.54 Å². The van der Waals surface area contributed by atoms with E-state index in [4.69, 9.17) is 0 Å². The number of aliphatic hydroxyl groups is 1. The SMILES string of the molecule is C=CCn1c(SC[C@@H](O)CC)nnc1-c1cccc(C)c1. The number of nitrogens with zero attached hydrogens (tertiary/aromatic N) is 3. The first-order chi connectivity index (χ1) is 10.2. The fourth-order valence-corrected chi connectivity index (χ4v) is 2.97. The first-order valence-corrected chi connectivity index (χ1v) is 8.06. The van der Waals surface area contributed by atoms with E-state index in [1.807, 2.05) is 29.7 Å². The number of thioether (sulfide) groups is 1. The van der Waals surface area contributed by atoms with Gasteiger partial charge < -0.3 is 5.11 Å². The number of aryl methyl sites for hydroxylation is 1. The van der Waals surface area contributed by atoms with Gasteiger partial charge in [0.1, 0.15) is 0 Å². The Morgan fingerprint density at radius 2 is 2.24 bits per heavy atom. The van der Waals surface area contributed by atoms with Crippen molar-refractivity contribution in [3.8, 4) is 11.4 Å². The fourth-order valence-electron chi connectivity index (χ4n) is 1.98. The number of hydrogen-bond acceptors (Lipinski definition) is 4. The van der Waals surface area contributed by atoms with Gasteiger partial charge in [-0.05, 0) is 19.4 Å². The van der Waals surface area contributed by atoms with Crippen LogP contribution in [0.2, 0.25) is 0 Å². The molecule has 0 spiro atoms. The Morgan fingerprint density at radius 1 is 1.43 bits per heavy atom. The topological polar surface area (TPSA) is 50.9 Å². The van der Waals surface area contributed by atoms with E-state index >= 15 is 0 Å². The predicted molar refractivity (Wildman–Crippen MR) is 87.4 cm³/mol. The minimum Gasteiger partial charge on any atom is -0.392 e. The molecule has 2 aromatic rings. The molecule has 1 aromatic carbocycles. The van der Waals surface area contributed by atoms with Crippen LogP contribution in [-0.4, -0.2) is 31.7 Å². The molecule has 0 saturated carbocycles. The lowest BCUT2D eigenvalue weighted by Gasteiger charge is -2.10. The molecule has 1 N–H and O–H groups in total. The third-order valence-corrected chi connectivity index (χ3v) is 4.29. The average Bonchev–Trinajstić information content (AvgIpc) is 2.88. The molecule has 1 heterocycles. The van der Waals surface area contributed by atoms with Gasteiger partial charge in [-0.25, -0.2) is 0 Å². The molecule has 0 unspecified atom stereocenters. The van der Waals surface area contributed by atoms with Crippen LogP contribution < -0.4 is 0 Å². The minimum absolute atomic E-state index is 0.314. The molecule has 112 valence electrons. The third kappa shape index (κ3) is 3.95. The fraction of sp³-hybridized carbons (Fsp3) is 0.375. The molecule has 4 nitrogen and oxygen atoms in total. The lowest BCUT2D eigenvalue weighted by Crippen LogP contribution is -2.09. The van der Waals surface area contributed by atoms with E-state index in [1.54, 1.807) is 0 Å². The number of aromatic nitrogens is 3. The molecule has 0 amide bonds. The van der Waals surface area contributed by atoms with E-state index < -0.39 is 0 Å². The van der Waals surface area contributed by atoms with Crippen molar-refractivity contribution in [2.75, 3.05) is 5.75 Å². The molecular weight excluding hydrogens is 282 g/mol. The van der Waals surface area contributed by atoms with Crippen molar-refractivity contribution in [3.63, 3.8) is 0 Å². The van der Waals surface area contributed by atoms with Crippen LogP contribution in [0.25, 0.3) is 11.4 Å². The summed E-state index contributed by atoms with van der Waals surface area (Å²) >= 11 is 1.53. The van der Waals surface area contributed by atoms with Gasteiger partial charge in [-0.2, -0.15) is 0 Å². The van der Waals surface area contributed by atoms with E-state index in [2.05, 4.69) is 35.8 Å². The molecule has 21 heavy (non-hydrogen) atoms. The highest BCUT2D eigenvalue weighted by Crippen LogP contribution is 2.25. The van der Waals surface area contributed by atoms with Gasteiger partial charge in [-0.15, -0.1) is 16.8 Å². The lowest BCUT2D eigenvalue weighted by atomic mass is 10.1. The van der Waals surface area contributed by atoms with E-state index in [0.717, 1.165) is 23.0 Å². The van der Waals surface area contributed by atoms with Crippen molar-refractivity contribution in [2.45, 2.75) is 38.1 Å². The Hall–Kier alpha value is -1.59. The molecule has 2 rings (SSSR count). The molecule has 0 aliphatic rings. The van der Waals surface area contributed by atoms with Crippen LogP contribution in [0.5, 0.6) is 0 Å². The Kier molecular flexibility index (Phi) is 5.59. The van der Waals surface area contributed by atoms with Crippen LogP contribution in [0, 0.1) is 6.92 Å². The van der Waals surface area contributed by atoms with Gasteiger partial charge in [-0.3, -0.25) is 4.57 Å². The zero-order chi connectivity index (χ0) is 15.2. The Bertz CT molecular complexity index is 609. The van der Waals surface area contributed by atoms with E-state index in [0.29, 0.717) is 12.3 Å². The summed E-state index contributed by atoms with van der Waals surface area (Å²) in [6, 6.07) is 8.21. The molecule has 0 saturated heterocycles. The molecule has 5 heteroatoms. The molecule has 0 aliphatic heterocycles. The van der Waals surface area contributed by atoms with Crippen molar-refractivity contribution < 1.29 is 5.11 Å². The minimum atomic E-state index is -0.314. The summed E-state index contributed by atoms with van der Waals surface area (Å²) < 4.78 is 2.04. The van der Waals surface area contributed by atoms with Crippen molar-refractivity contribution in [3.05, 3.63) is 42.5 Å². The van der Waals surface area contributed by atoms with E-state index in [9.17, 15) is 5.11 Å². The molecule has 1 aromatic heterocycles. The highest BCUT2D eigenvalue weighted by atomic mass is 32.2. The van der Waals surface area contributed by atoms with Crippen molar-refractivity contribution in [2.24, 2.45) is 0 Å². The third-order valence-electron chi connectivity index (χ3n) is 3.18. The highest BCUT2D eigenvalue weighted by Gasteiger charge is 2.14. The summed E-state index contributed by atoms with van der Waals surface area (Å²) in [4.78, 5) is 0. The van der Waals surface area contributed by atoms with E-state index in [1.165, 1.54) is 17.3 Å². The van der Waals surface area contributed by atoms with Crippen LogP contribution in [0.15, 0.2) is 42.1 Å². The van der Waals surface area contributed by atoms with Gasteiger partial charge >= 0.3 is 0 Å². The molecule has 0 aliphatic carbocycles. The number of benzene rings is 1. The number of allylic oxidation sites excluding steroid dienone is 1. The van der Waals surface area contributed by atoms with Crippen LogP contribution in [0.4, 0.5) is 0 Å². The average molecular weight is 303 g/mol. The van der Waals surface area contributed by atoms with Gasteiger partial charge in [0, 0.05) is 17.9 Å².